The van der Waals surface area contributed by atoms with Crippen LogP contribution in [0.15, 0.2) is 0 Å². The molecule has 3 heteroatoms. The van der Waals surface area contributed by atoms with E-state index in [1.54, 1.807) is 0 Å². The molecule has 1 aliphatic carbocycles. The summed E-state index contributed by atoms with van der Waals surface area (Å²) in [6, 6.07) is 0.809. The van der Waals surface area contributed by atoms with Gasteiger partial charge in [0.15, 0.2) is 0 Å². The van der Waals surface area contributed by atoms with Crippen LogP contribution >= 0.6 is 15.9 Å². The average molecular weight is 262 g/mol. The summed E-state index contributed by atoms with van der Waals surface area (Å²) in [7, 11) is 1.85. The van der Waals surface area contributed by atoms with Gasteiger partial charge in [-0.2, -0.15) is 0 Å². The van der Waals surface area contributed by atoms with Gasteiger partial charge in [0.2, 0.25) is 0 Å². The quantitative estimate of drug-likeness (QED) is 0.723. The molecule has 0 amide bonds. The van der Waals surface area contributed by atoms with Crippen LogP contribution in [0.5, 0.6) is 0 Å². The lowest BCUT2D eigenvalue weighted by atomic mass is 9.88. The van der Waals surface area contributed by atoms with Crippen LogP contribution in [-0.4, -0.2) is 42.6 Å². The van der Waals surface area contributed by atoms with Crippen molar-refractivity contribution in [1.82, 2.24) is 4.90 Å². The molecule has 82 valence electrons. The molecule has 0 radical (unpaired) electrons. The van der Waals surface area contributed by atoms with Gasteiger partial charge >= 0.3 is 0 Å². The van der Waals surface area contributed by atoms with Gasteiger partial charge in [0.05, 0.1) is 6.10 Å². The summed E-state index contributed by atoms with van der Waals surface area (Å²) < 4.78 is 5.46. The van der Waals surface area contributed by atoms with Crippen molar-refractivity contribution in [3.05, 3.63) is 0 Å². The van der Waals surface area contributed by atoms with Crippen molar-refractivity contribution in [2.75, 3.05) is 25.5 Å². The minimum absolute atomic E-state index is 0.525. The Bertz CT molecular complexity index is 182. The fourth-order valence-electron chi connectivity index (χ4n) is 2.67. The second-order valence-electron chi connectivity index (χ2n) is 4.65. The van der Waals surface area contributed by atoms with Gasteiger partial charge in [-0.15, -0.1) is 0 Å². The Kier molecular flexibility index (Phi) is 3.86. The topological polar surface area (TPSA) is 12.5 Å². The summed E-state index contributed by atoms with van der Waals surface area (Å²) in [5, 5.41) is 1.17. The van der Waals surface area contributed by atoms with Crippen molar-refractivity contribution in [2.45, 2.75) is 37.8 Å². The Hall–Kier alpha value is 0.400. The van der Waals surface area contributed by atoms with E-state index in [4.69, 9.17) is 4.74 Å². The molecule has 14 heavy (non-hydrogen) atoms. The third-order valence-electron chi connectivity index (χ3n) is 3.65. The summed E-state index contributed by atoms with van der Waals surface area (Å²) in [5.41, 5.74) is 0. The molecule has 2 rings (SSSR count). The van der Waals surface area contributed by atoms with Crippen LogP contribution in [0, 0.1) is 5.92 Å². The first-order valence-electron chi connectivity index (χ1n) is 5.66. The lowest BCUT2D eigenvalue weighted by Gasteiger charge is -2.46. The zero-order valence-corrected chi connectivity index (χ0v) is 10.5. The van der Waals surface area contributed by atoms with Crippen molar-refractivity contribution in [3.63, 3.8) is 0 Å². The minimum atomic E-state index is 0.525. The van der Waals surface area contributed by atoms with Crippen molar-refractivity contribution in [3.8, 4) is 0 Å². The van der Waals surface area contributed by atoms with E-state index < -0.39 is 0 Å². The molecule has 2 atom stereocenters. The minimum Gasteiger partial charge on any atom is -0.381 e. The molecule has 2 aliphatic rings. The van der Waals surface area contributed by atoms with Crippen LogP contribution in [0.3, 0.4) is 0 Å². The summed E-state index contributed by atoms with van der Waals surface area (Å²) in [5.74, 6) is 0.901. The summed E-state index contributed by atoms with van der Waals surface area (Å²) in [6.07, 6.45) is 5.78. The number of rotatable bonds is 3. The molecule has 2 unspecified atom stereocenters. The van der Waals surface area contributed by atoms with E-state index in [0.717, 1.165) is 12.0 Å². The second-order valence-corrected chi connectivity index (χ2v) is 5.30. The fraction of sp³-hybridized carbons (Fsp3) is 1.00. The monoisotopic (exact) mass is 261 g/mol. The van der Waals surface area contributed by atoms with E-state index >= 15 is 0 Å². The van der Waals surface area contributed by atoms with E-state index in [1.807, 2.05) is 7.11 Å². The fourth-order valence-corrected chi connectivity index (χ4v) is 3.08. The Morgan fingerprint density at radius 2 is 2.14 bits per heavy atom. The maximum Gasteiger partial charge on any atom is 0.0586 e. The maximum absolute atomic E-state index is 5.46. The molecule has 2 nitrogen and oxygen atoms in total. The van der Waals surface area contributed by atoms with Crippen molar-refractivity contribution < 1.29 is 4.74 Å². The zero-order chi connectivity index (χ0) is 9.97. The first kappa shape index (κ1) is 10.9. The summed E-state index contributed by atoms with van der Waals surface area (Å²) in [4.78, 5) is 2.64. The van der Waals surface area contributed by atoms with Crippen LogP contribution in [0.4, 0.5) is 0 Å². The van der Waals surface area contributed by atoms with Crippen LogP contribution in [0.25, 0.3) is 0 Å². The Labute approximate surface area is 95.1 Å². The highest BCUT2D eigenvalue weighted by atomic mass is 79.9. The number of alkyl halides is 1. The highest BCUT2D eigenvalue weighted by Crippen LogP contribution is 2.30. The van der Waals surface area contributed by atoms with Crippen LogP contribution in [-0.2, 0) is 4.74 Å². The van der Waals surface area contributed by atoms with Crippen LogP contribution < -0.4 is 0 Å². The van der Waals surface area contributed by atoms with E-state index in [9.17, 15) is 0 Å². The number of hydrogen-bond donors (Lipinski definition) is 0. The number of nitrogens with zero attached hydrogens (tertiary/aromatic N) is 1. The van der Waals surface area contributed by atoms with Gasteiger partial charge in [-0.3, -0.25) is 4.90 Å². The standard InChI is InChI=1S/C11H20BrNO/c1-14-11-4-2-3-10(5-11)13-7-9(6-12)8-13/h9-11H,2-8H2,1H3. The lowest BCUT2D eigenvalue weighted by Crippen LogP contribution is -2.54. The lowest BCUT2D eigenvalue weighted by molar-refractivity contribution is -0.00873. The molecule has 0 aromatic rings. The van der Waals surface area contributed by atoms with Crippen LogP contribution in [0.2, 0.25) is 0 Å². The van der Waals surface area contributed by atoms with E-state index in [2.05, 4.69) is 20.8 Å². The average Bonchev–Trinajstić information content (AvgIpc) is 2.17. The second kappa shape index (κ2) is 4.95. The predicted molar refractivity (Wildman–Crippen MR) is 61.9 cm³/mol. The number of halogens is 1. The van der Waals surface area contributed by atoms with Crippen molar-refractivity contribution >= 4 is 15.9 Å². The van der Waals surface area contributed by atoms with E-state index in [1.165, 1.54) is 44.1 Å². The van der Waals surface area contributed by atoms with Gasteiger partial charge in [-0.25, -0.2) is 0 Å². The van der Waals surface area contributed by atoms with Gasteiger partial charge < -0.3 is 4.74 Å². The normalized spacial score (nSPS) is 35.6. The number of likely N-dealkylation sites (tertiary alicyclic amines) is 1. The molecule has 0 aromatic carbocycles. The summed E-state index contributed by atoms with van der Waals surface area (Å²) >= 11 is 3.55. The smallest absolute Gasteiger partial charge is 0.0586 e. The first-order chi connectivity index (χ1) is 6.83. The maximum atomic E-state index is 5.46. The van der Waals surface area contributed by atoms with Crippen molar-refractivity contribution in [1.29, 1.82) is 0 Å². The molecule has 0 bridgehead atoms. The Morgan fingerprint density at radius 3 is 2.79 bits per heavy atom. The molecular weight excluding hydrogens is 242 g/mol. The number of methoxy groups -OCH3 is 1. The van der Waals surface area contributed by atoms with Crippen molar-refractivity contribution in [2.24, 2.45) is 5.92 Å². The van der Waals surface area contributed by atoms with E-state index in [-0.39, 0.29) is 0 Å². The predicted octanol–water partition coefficient (Wildman–Crippen LogP) is 2.27. The number of hydrogen-bond acceptors (Lipinski definition) is 2. The molecular formula is C11H20BrNO. The zero-order valence-electron chi connectivity index (χ0n) is 8.92. The highest BCUT2D eigenvalue weighted by Gasteiger charge is 2.34. The Balaban J connectivity index is 1.75. The van der Waals surface area contributed by atoms with E-state index in [0.29, 0.717) is 6.10 Å². The molecule has 2 fully saturated rings. The van der Waals surface area contributed by atoms with Gasteiger partial charge in [0, 0.05) is 31.6 Å². The van der Waals surface area contributed by atoms with Gasteiger partial charge in [-0.05, 0) is 31.6 Å². The number of ether oxygens (including phenoxy) is 1. The van der Waals surface area contributed by atoms with Gasteiger partial charge in [0.25, 0.3) is 0 Å². The third kappa shape index (κ3) is 2.31. The van der Waals surface area contributed by atoms with Gasteiger partial charge in [-0.1, -0.05) is 15.9 Å². The molecule has 0 spiro atoms. The molecule has 1 saturated heterocycles. The molecule has 1 saturated carbocycles. The highest BCUT2D eigenvalue weighted by molar-refractivity contribution is 9.09. The SMILES string of the molecule is COC1CCCC(N2CC(CBr)C2)C1. The first-order valence-corrected chi connectivity index (χ1v) is 6.78. The molecule has 0 aromatic heterocycles. The third-order valence-corrected chi connectivity index (χ3v) is 4.57. The molecule has 0 N–H and O–H groups in total. The largest absolute Gasteiger partial charge is 0.381 e. The summed E-state index contributed by atoms with van der Waals surface area (Å²) in [6.45, 7) is 2.60. The van der Waals surface area contributed by atoms with Gasteiger partial charge in [0.1, 0.15) is 0 Å². The molecule has 1 aliphatic heterocycles. The van der Waals surface area contributed by atoms with Crippen LogP contribution in [0.1, 0.15) is 25.7 Å². The Morgan fingerprint density at radius 1 is 1.36 bits per heavy atom. The molecule has 1 heterocycles.